The molecule has 0 bridgehead atoms. The summed E-state index contributed by atoms with van der Waals surface area (Å²) in [6.45, 7) is 6.87. The molecule has 0 amide bonds. The van der Waals surface area contributed by atoms with Crippen LogP contribution in [0.5, 0.6) is 0 Å². The summed E-state index contributed by atoms with van der Waals surface area (Å²) in [5.41, 5.74) is 3.28. The Morgan fingerprint density at radius 3 is 2.58 bits per heavy atom. The van der Waals surface area contributed by atoms with Gasteiger partial charge in [0.2, 0.25) is 0 Å². The third kappa shape index (κ3) is 3.54. The van der Waals surface area contributed by atoms with E-state index < -0.39 is 0 Å². The highest BCUT2D eigenvalue weighted by atomic mass is 16.5. The van der Waals surface area contributed by atoms with Gasteiger partial charge in [-0.15, -0.1) is 0 Å². The Kier molecular flexibility index (Phi) is 4.54. The van der Waals surface area contributed by atoms with Crippen molar-refractivity contribution in [2.75, 3.05) is 0 Å². The summed E-state index contributed by atoms with van der Waals surface area (Å²) < 4.78 is 5.96. The van der Waals surface area contributed by atoms with Crippen molar-refractivity contribution >= 4 is 5.78 Å². The zero-order valence-corrected chi connectivity index (χ0v) is 12.0. The van der Waals surface area contributed by atoms with E-state index in [4.69, 9.17) is 4.74 Å². The number of rotatable bonds is 5. The molecule has 1 aliphatic rings. The summed E-state index contributed by atoms with van der Waals surface area (Å²) in [5.74, 6) is 0.799. The van der Waals surface area contributed by atoms with E-state index in [9.17, 15) is 4.79 Å². The number of benzene rings is 1. The van der Waals surface area contributed by atoms with E-state index in [1.165, 1.54) is 5.57 Å². The van der Waals surface area contributed by atoms with Crippen molar-refractivity contribution in [3.63, 3.8) is 0 Å². The molecular weight excluding hydrogens is 236 g/mol. The van der Waals surface area contributed by atoms with E-state index in [1.807, 2.05) is 25.1 Å². The van der Waals surface area contributed by atoms with Crippen LogP contribution in [0.25, 0.3) is 0 Å². The lowest BCUT2D eigenvalue weighted by molar-refractivity contribution is -0.116. The molecule has 2 nitrogen and oxygen atoms in total. The van der Waals surface area contributed by atoms with Gasteiger partial charge in [0.1, 0.15) is 0 Å². The maximum atomic E-state index is 11.8. The Labute approximate surface area is 115 Å². The first kappa shape index (κ1) is 14.0. The van der Waals surface area contributed by atoms with Gasteiger partial charge in [-0.2, -0.15) is 0 Å². The average molecular weight is 258 g/mol. The molecule has 0 heterocycles. The lowest BCUT2D eigenvalue weighted by atomic mass is 9.99. The van der Waals surface area contributed by atoms with E-state index in [0.717, 1.165) is 17.6 Å². The minimum atomic E-state index is -0.0184. The molecule has 1 aromatic rings. The molecule has 0 aromatic heterocycles. The lowest BCUT2D eigenvalue weighted by Gasteiger charge is -2.17. The van der Waals surface area contributed by atoms with Crippen molar-refractivity contribution in [1.82, 2.24) is 0 Å². The van der Waals surface area contributed by atoms with Crippen LogP contribution >= 0.6 is 0 Å². The molecule has 2 heteroatoms. The zero-order chi connectivity index (χ0) is 13.8. The standard InChI is InChI=1S/C17H22O2/c1-12(2)9-15-13(3)16(18)10-17(15)19-11-14-7-5-4-6-8-14/h4-8,12,17H,9-11H2,1-3H3. The van der Waals surface area contributed by atoms with Gasteiger partial charge < -0.3 is 4.74 Å². The zero-order valence-electron chi connectivity index (χ0n) is 12.0. The number of Topliss-reactive ketones (excluding diaryl/α,β-unsaturated/α-hetero) is 1. The normalized spacial score (nSPS) is 19.6. The van der Waals surface area contributed by atoms with Crippen LogP contribution in [0, 0.1) is 5.92 Å². The first-order valence-electron chi connectivity index (χ1n) is 6.96. The molecule has 1 aliphatic carbocycles. The van der Waals surface area contributed by atoms with Gasteiger partial charge in [0, 0.05) is 6.42 Å². The number of hydrogen-bond acceptors (Lipinski definition) is 2. The molecule has 2 rings (SSSR count). The molecule has 0 radical (unpaired) electrons. The number of hydrogen-bond donors (Lipinski definition) is 0. The van der Waals surface area contributed by atoms with E-state index >= 15 is 0 Å². The summed E-state index contributed by atoms with van der Waals surface area (Å²) in [4.78, 5) is 11.8. The molecule has 0 N–H and O–H groups in total. The number of ether oxygens (including phenoxy) is 1. The first-order chi connectivity index (χ1) is 9.08. The quantitative estimate of drug-likeness (QED) is 0.800. The monoisotopic (exact) mass is 258 g/mol. The predicted octanol–water partition coefficient (Wildman–Crippen LogP) is 3.91. The Morgan fingerprint density at radius 2 is 1.95 bits per heavy atom. The molecule has 102 valence electrons. The molecule has 1 unspecified atom stereocenters. The van der Waals surface area contributed by atoms with Crippen LogP contribution in [0.1, 0.15) is 39.2 Å². The van der Waals surface area contributed by atoms with Crippen molar-refractivity contribution in [3.05, 3.63) is 47.0 Å². The molecule has 0 aliphatic heterocycles. The molecule has 1 aromatic carbocycles. The van der Waals surface area contributed by atoms with Gasteiger partial charge in [-0.25, -0.2) is 0 Å². The smallest absolute Gasteiger partial charge is 0.161 e. The third-order valence-corrected chi connectivity index (χ3v) is 3.58. The van der Waals surface area contributed by atoms with Crippen molar-refractivity contribution in [2.24, 2.45) is 5.92 Å². The summed E-state index contributed by atoms with van der Waals surface area (Å²) in [7, 11) is 0. The van der Waals surface area contributed by atoms with Gasteiger partial charge >= 0.3 is 0 Å². The van der Waals surface area contributed by atoms with Gasteiger partial charge in [-0.05, 0) is 36.0 Å². The van der Waals surface area contributed by atoms with Crippen LogP contribution < -0.4 is 0 Å². The van der Waals surface area contributed by atoms with Gasteiger partial charge in [-0.3, -0.25) is 4.79 Å². The van der Waals surface area contributed by atoms with Gasteiger partial charge in [0.15, 0.2) is 5.78 Å². The summed E-state index contributed by atoms with van der Waals surface area (Å²) in [5, 5.41) is 0. The average Bonchev–Trinajstić information content (AvgIpc) is 2.65. The maximum absolute atomic E-state index is 11.8. The van der Waals surface area contributed by atoms with Crippen molar-refractivity contribution in [2.45, 2.75) is 46.3 Å². The third-order valence-electron chi connectivity index (χ3n) is 3.58. The SMILES string of the molecule is CC1=C(CC(C)C)C(OCc2ccccc2)CC1=O. The second-order valence-electron chi connectivity index (χ2n) is 5.66. The first-order valence-corrected chi connectivity index (χ1v) is 6.96. The van der Waals surface area contributed by atoms with Crippen LogP contribution in [0.3, 0.4) is 0 Å². The number of ketones is 1. The largest absolute Gasteiger partial charge is 0.369 e. The summed E-state index contributed by atoms with van der Waals surface area (Å²) in [6.07, 6.45) is 1.45. The van der Waals surface area contributed by atoms with Crippen LogP contribution in [-0.4, -0.2) is 11.9 Å². The number of allylic oxidation sites excluding steroid dienone is 1. The molecule has 0 saturated carbocycles. The Bertz CT molecular complexity index is 471. The highest BCUT2D eigenvalue weighted by Crippen LogP contribution is 2.31. The Hall–Kier alpha value is -1.41. The highest BCUT2D eigenvalue weighted by Gasteiger charge is 2.30. The van der Waals surface area contributed by atoms with Gasteiger partial charge in [0.05, 0.1) is 12.7 Å². The van der Waals surface area contributed by atoms with Crippen LogP contribution in [0.2, 0.25) is 0 Å². The maximum Gasteiger partial charge on any atom is 0.161 e. The fourth-order valence-electron chi connectivity index (χ4n) is 2.52. The van der Waals surface area contributed by atoms with Crippen LogP contribution in [-0.2, 0) is 16.1 Å². The second-order valence-corrected chi connectivity index (χ2v) is 5.66. The molecule has 0 spiro atoms. The Morgan fingerprint density at radius 1 is 1.26 bits per heavy atom. The van der Waals surface area contributed by atoms with Crippen molar-refractivity contribution in [1.29, 1.82) is 0 Å². The topological polar surface area (TPSA) is 26.3 Å². The van der Waals surface area contributed by atoms with Gasteiger partial charge in [0.25, 0.3) is 0 Å². The summed E-state index contributed by atoms with van der Waals surface area (Å²) >= 11 is 0. The van der Waals surface area contributed by atoms with Crippen molar-refractivity contribution < 1.29 is 9.53 Å². The predicted molar refractivity (Wildman–Crippen MR) is 76.8 cm³/mol. The fourth-order valence-corrected chi connectivity index (χ4v) is 2.52. The summed E-state index contributed by atoms with van der Waals surface area (Å²) in [6, 6.07) is 10.1. The van der Waals surface area contributed by atoms with Gasteiger partial charge in [-0.1, -0.05) is 44.2 Å². The fraction of sp³-hybridized carbons (Fsp3) is 0.471. The van der Waals surface area contributed by atoms with E-state index in [0.29, 0.717) is 18.9 Å². The van der Waals surface area contributed by atoms with Crippen molar-refractivity contribution in [3.8, 4) is 0 Å². The van der Waals surface area contributed by atoms with E-state index in [-0.39, 0.29) is 11.9 Å². The lowest BCUT2D eigenvalue weighted by Crippen LogP contribution is -2.14. The molecule has 1 atom stereocenters. The minimum absolute atomic E-state index is 0.0184. The van der Waals surface area contributed by atoms with E-state index in [2.05, 4.69) is 26.0 Å². The Balaban J connectivity index is 2.02. The van der Waals surface area contributed by atoms with Crippen LogP contribution in [0.15, 0.2) is 41.5 Å². The number of carbonyl (C=O) groups is 1. The van der Waals surface area contributed by atoms with Crippen LogP contribution in [0.4, 0.5) is 0 Å². The second kappa shape index (κ2) is 6.16. The number of carbonyl (C=O) groups excluding carboxylic acids is 1. The molecule has 0 fully saturated rings. The molecule has 19 heavy (non-hydrogen) atoms. The highest BCUT2D eigenvalue weighted by molar-refractivity contribution is 5.99. The minimum Gasteiger partial charge on any atom is -0.369 e. The van der Waals surface area contributed by atoms with E-state index in [1.54, 1.807) is 0 Å². The molecular formula is C17H22O2. The molecule has 0 saturated heterocycles.